The van der Waals surface area contributed by atoms with Crippen LogP contribution < -0.4 is 10.5 Å². The third kappa shape index (κ3) is 5.03. The first kappa shape index (κ1) is 13.6. The van der Waals surface area contributed by atoms with Gasteiger partial charge in [-0.05, 0) is 61.6 Å². The van der Waals surface area contributed by atoms with Crippen molar-refractivity contribution in [2.24, 2.45) is 0 Å². The molecule has 1 aromatic carbocycles. The molecule has 2 N–H and O–H groups in total. The molecule has 0 aliphatic carbocycles. The summed E-state index contributed by atoms with van der Waals surface area (Å²) in [6, 6.07) is 5.61. The second-order valence-electron chi connectivity index (χ2n) is 4.50. The molecule has 0 spiro atoms. The zero-order chi connectivity index (χ0) is 12.2. The summed E-state index contributed by atoms with van der Waals surface area (Å²) in [4.78, 5) is 0. The lowest BCUT2D eigenvalue weighted by atomic mass is 10.2. The molecule has 16 heavy (non-hydrogen) atoms. The predicted octanol–water partition coefficient (Wildman–Crippen LogP) is 3.07. The maximum atomic E-state index is 5.65. The Labute approximate surface area is 110 Å². The van der Waals surface area contributed by atoms with Crippen LogP contribution in [0.1, 0.15) is 20.8 Å². The minimum Gasteiger partial charge on any atom is -0.490 e. The summed E-state index contributed by atoms with van der Waals surface area (Å²) in [5.74, 6) is 0.854. The zero-order valence-electron chi connectivity index (χ0n) is 9.92. The molecule has 4 heteroatoms. The van der Waals surface area contributed by atoms with Crippen molar-refractivity contribution in [3.63, 3.8) is 0 Å². The summed E-state index contributed by atoms with van der Waals surface area (Å²) >= 11 is 2.21. The van der Waals surface area contributed by atoms with Crippen LogP contribution in [0.4, 0.5) is 5.69 Å². The van der Waals surface area contributed by atoms with E-state index in [1.165, 1.54) is 0 Å². The molecule has 0 aliphatic heterocycles. The number of anilines is 1. The highest BCUT2D eigenvalue weighted by Gasteiger charge is 2.09. The molecule has 0 unspecified atom stereocenters. The summed E-state index contributed by atoms with van der Waals surface area (Å²) < 4.78 is 12.2. The van der Waals surface area contributed by atoms with E-state index in [1.54, 1.807) is 0 Å². The summed E-state index contributed by atoms with van der Waals surface area (Å²) in [6.07, 6.45) is 0. The first-order chi connectivity index (χ1) is 7.38. The highest BCUT2D eigenvalue weighted by molar-refractivity contribution is 14.1. The van der Waals surface area contributed by atoms with Crippen LogP contribution in [0.3, 0.4) is 0 Å². The molecular weight excluding hydrogens is 317 g/mol. The van der Waals surface area contributed by atoms with Crippen LogP contribution in [0, 0.1) is 3.57 Å². The van der Waals surface area contributed by atoms with Crippen LogP contribution in [0.15, 0.2) is 18.2 Å². The van der Waals surface area contributed by atoms with Crippen molar-refractivity contribution in [1.82, 2.24) is 0 Å². The van der Waals surface area contributed by atoms with E-state index >= 15 is 0 Å². The Balaban J connectivity index is 2.38. The molecule has 3 nitrogen and oxygen atoms in total. The highest BCUT2D eigenvalue weighted by atomic mass is 127. The Bertz CT molecular complexity index is 347. The van der Waals surface area contributed by atoms with Gasteiger partial charge in [-0.25, -0.2) is 0 Å². The van der Waals surface area contributed by atoms with Crippen LogP contribution in [0.2, 0.25) is 0 Å². The summed E-state index contributed by atoms with van der Waals surface area (Å²) in [7, 11) is 0. The number of hydrogen-bond acceptors (Lipinski definition) is 3. The molecule has 0 fully saturated rings. The fourth-order valence-electron chi connectivity index (χ4n) is 1.13. The summed E-state index contributed by atoms with van der Waals surface area (Å²) in [5, 5.41) is 0. The number of ether oxygens (including phenoxy) is 2. The van der Waals surface area contributed by atoms with Crippen molar-refractivity contribution in [1.29, 1.82) is 0 Å². The SMILES string of the molecule is CC(C)(C)OCCOc1ccc(N)cc1I. The number of nitrogen functional groups attached to an aromatic ring is 1. The molecule has 0 atom stereocenters. The third-order valence-electron chi connectivity index (χ3n) is 1.83. The molecule has 0 heterocycles. The predicted molar refractivity (Wildman–Crippen MR) is 74.8 cm³/mol. The smallest absolute Gasteiger partial charge is 0.132 e. The number of hydrogen-bond donors (Lipinski definition) is 1. The van der Waals surface area contributed by atoms with Gasteiger partial charge in [-0.2, -0.15) is 0 Å². The molecule has 0 amide bonds. The van der Waals surface area contributed by atoms with Gasteiger partial charge in [0.05, 0.1) is 15.8 Å². The molecular formula is C12H18INO2. The van der Waals surface area contributed by atoms with E-state index in [9.17, 15) is 0 Å². The normalized spacial score (nSPS) is 11.5. The Hall–Kier alpha value is -0.490. The highest BCUT2D eigenvalue weighted by Crippen LogP contribution is 2.22. The van der Waals surface area contributed by atoms with Gasteiger partial charge in [0, 0.05) is 5.69 Å². The molecule has 1 rings (SSSR count). The van der Waals surface area contributed by atoms with Crippen molar-refractivity contribution < 1.29 is 9.47 Å². The third-order valence-corrected chi connectivity index (χ3v) is 2.67. The second kappa shape index (κ2) is 5.72. The van der Waals surface area contributed by atoms with Gasteiger partial charge >= 0.3 is 0 Å². The van der Waals surface area contributed by atoms with E-state index in [0.29, 0.717) is 13.2 Å². The Morgan fingerprint density at radius 1 is 1.25 bits per heavy atom. The van der Waals surface area contributed by atoms with Gasteiger partial charge in [-0.1, -0.05) is 0 Å². The topological polar surface area (TPSA) is 44.5 Å². The number of benzene rings is 1. The van der Waals surface area contributed by atoms with Crippen LogP contribution in [-0.4, -0.2) is 18.8 Å². The van der Waals surface area contributed by atoms with Crippen molar-refractivity contribution >= 4 is 28.3 Å². The molecule has 90 valence electrons. The van der Waals surface area contributed by atoms with E-state index < -0.39 is 0 Å². The van der Waals surface area contributed by atoms with Crippen molar-refractivity contribution in [3.8, 4) is 5.75 Å². The molecule has 1 aromatic rings. The van der Waals surface area contributed by atoms with Crippen molar-refractivity contribution in [3.05, 3.63) is 21.8 Å². The molecule has 0 saturated heterocycles. The molecule has 0 bridgehead atoms. The molecule has 0 aliphatic rings. The lowest BCUT2D eigenvalue weighted by Crippen LogP contribution is -2.22. The standard InChI is InChI=1S/C12H18INO2/c1-12(2,3)16-7-6-15-11-5-4-9(14)8-10(11)13/h4-5,8H,6-7,14H2,1-3H3. The van der Waals surface area contributed by atoms with Crippen molar-refractivity contribution in [2.45, 2.75) is 26.4 Å². The van der Waals surface area contributed by atoms with Crippen LogP contribution in [0.5, 0.6) is 5.75 Å². The second-order valence-corrected chi connectivity index (χ2v) is 5.66. The number of rotatable bonds is 4. The van der Waals surface area contributed by atoms with E-state index in [0.717, 1.165) is 15.0 Å². The Kier molecular flexibility index (Phi) is 4.86. The van der Waals surface area contributed by atoms with Gasteiger partial charge in [0.15, 0.2) is 0 Å². The lowest BCUT2D eigenvalue weighted by Gasteiger charge is -2.19. The Morgan fingerprint density at radius 3 is 2.50 bits per heavy atom. The Morgan fingerprint density at radius 2 is 1.94 bits per heavy atom. The summed E-state index contributed by atoms with van der Waals surface area (Å²) in [5.41, 5.74) is 6.29. The van der Waals surface area contributed by atoms with E-state index in [4.69, 9.17) is 15.2 Å². The monoisotopic (exact) mass is 335 g/mol. The van der Waals surface area contributed by atoms with Gasteiger partial charge in [-0.15, -0.1) is 0 Å². The average molecular weight is 335 g/mol. The van der Waals surface area contributed by atoms with Gasteiger partial charge in [0.25, 0.3) is 0 Å². The lowest BCUT2D eigenvalue weighted by molar-refractivity contribution is -0.0163. The fourth-order valence-corrected chi connectivity index (χ4v) is 1.83. The van der Waals surface area contributed by atoms with Gasteiger partial charge in [0.2, 0.25) is 0 Å². The van der Waals surface area contributed by atoms with E-state index in [1.807, 2.05) is 39.0 Å². The minimum absolute atomic E-state index is 0.113. The van der Waals surface area contributed by atoms with Crippen molar-refractivity contribution in [2.75, 3.05) is 18.9 Å². The van der Waals surface area contributed by atoms with Crippen LogP contribution in [0.25, 0.3) is 0 Å². The largest absolute Gasteiger partial charge is 0.490 e. The maximum absolute atomic E-state index is 5.65. The van der Waals surface area contributed by atoms with Gasteiger partial charge < -0.3 is 15.2 Å². The van der Waals surface area contributed by atoms with Crippen LogP contribution >= 0.6 is 22.6 Å². The summed E-state index contributed by atoms with van der Waals surface area (Å²) in [6.45, 7) is 7.22. The maximum Gasteiger partial charge on any atom is 0.132 e. The first-order valence-corrected chi connectivity index (χ1v) is 6.28. The minimum atomic E-state index is -0.113. The quantitative estimate of drug-likeness (QED) is 0.523. The number of nitrogens with two attached hydrogens (primary N) is 1. The van der Waals surface area contributed by atoms with Gasteiger partial charge in [0.1, 0.15) is 12.4 Å². The molecule has 0 radical (unpaired) electrons. The first-order valence-electron chi connectivity index (χ1n) is 5.20. The fraction of sp³-hybridized carbons (Fsp3) is 0.500. The molecule has 0 saturated carbocycles. The van der Waals surface area contributed by atoms with Gasteiger partial charge in [-0.3, -0.25) is 0 Å². The average Bonchev–Trinajstić information content (AvgIpc) is 2.13. The van der Waals surface area contributed by atoms with E-state index in [2.05, 4.69) is 22.6 Å². The number of halogens is 1. The van der Waals surface area contributed by atoms with Crippen LogP contribution in [-0.2, 0) is 4.74 Å². The zero-order valence-corrected chi connectivity index (χ0v) is 12.1. The van der Waals surface area contributed by atoms with E-state index in [-0.39, 0.29) is 5.60 Å². The molecule has 0 aromatic heterocycles.